The van der Waals surface area contributed by atoms with Gasteiger partial charge < -0.3 is 19.7 Å². The highest BCUT2D eigenvalue weighted by Crippen LogP contribution is 2.26. The van der Waals surface area contributed by atoms with E-state index in [4.69, 9.17) is 9.47 Å². The van der Waals surface area contributed by atoms with Crippen LogP contribution in [0.15, 0.2) is 48.5 Å². The number of phenolic OH excluding ortho intramolecular Hbond substituents is 1. The lowest BCUT2D eigenvalue weighted by Crippen LogP contribution is -2.09. The fraction of sp³-hybridized carbons (Fsp3) is 0.200. The average Bonchev–Trinajstić information content (AvgIpc) is 2.46. The molecule has 0 spiro atoms. The summed E-state index contributed by atoms with van der Waals surface area (Å²) < 4.78 is 10.5. The monoisotopic (exact) mass is 260 g/mol. The zero-order valence-corrected chi connectivity index (χ0v) is 10.6. The Balaban J connectivity index is 2.01. The van der Waals surface area contributed by atoms with Crippen LogP contribution in [0.25, 0.3) is 0 Å². The van der Waals surface area contributed by atoms with Crippen LogP contribution in [0, 0.1) is 0 Å². The zero-order chi connectivity index (χ0) is 13.7. The number of aromatic hydroxyl groups is 1. The lowest BCUT2D eigenvalue weighted by Gasteiger charge is -2.14. The van der Waals surface area contributed by atoms with Crippen molar-refractivity contribution in [2.75, 3.05) is 13.7 Å². The first kappa shape index (κ1) is 13.2. The molecule has 0 amide bonds. The molecule has 4 nitrogen and oxygen atoms in total. The lowest BCUT2D eigenvalue weighted by atomic mass is 10.1. The van der Waals surface area contributed by atoms with Crippen LogP contribution >= 0.6 is 0 Å². The summed E-state index contributed by atoms with van der Waals surface area (Å²) in [6.07, 6.45) is -0.783. The molecule has 0 heterocycles. The Morgan fingerprint density at radius 3 is 2.63 bits per heavy atom. The molecular formula is C15H16O4. The van der Waals surface area contributed by atoms with Crippen LogP contribution in [0.5, 0.6) is 17.2 Å². The van der Waals surface area contributed by atoms with Crippen molar-refractivity contribution in [3.63, 3.8) is 0 Å². The first-order valence-electron chi connectivity index (χ1n) is 5.93. The number of ether oxygens (including phenoxy) is 2. The van der Waals surface area contributed by atoms with E-state index in [0.29, 0.717) is 17.1 Å². The predicted molar refractivity (Wildman–Crippen MR) is 71.6 cm³/mol. The van der Waals surface area contributed by atoms with Crippen LogP contribution in [0.2, 0.25) is 0 Å². The van der Waals surface area contributed by atoms with Gasteiger partial charge in [0.15, 0.2) is 11.5 Å². The van der Waals surface area contributed by atoms with E-state index < -0.39 is 6.10 Å². The SMILES string of the molecule is COc1cccc(C(O)COc2ccccc2O)c1. The minimum atomic E-state index is -0.783. The average molecular weight is 260 g/mol. The second-order valence-corrected chi connectivity index (χ2v) is 4.07. The maximum absolute atomic E-state index is 10.0. The molecule has 0 aliphatic heterocycles. The Bertz CT molecular complexity index is 539. The molecule has 0 bridgehead atoms. The number of benzene rings is 2. The fourth-order valence-corrected chi connectivity index (χ4v) is 1.69. The Kier molecular flexibility index (Phi) is 4.26. The van der Waals surface area contributed by atoms with E-state index in [2.05, 4.69) is 0 Å². The first-order valence-corrected chi connectivity index (χ1v) is 5.93. The molecule has 0 saturated carbocycles. The largest absolute Gasteiger partial charge is 0.504 e. The molecule has 2 rings (SSSR count). The topological polar surface area (TPSA) is 58.9 Å². The van der Waals surface area contributed by atoms with Gasteiger partial charge in [-0.15, -0.1) is 0 Å². The predicted octanol–water partition coefficient (Wildman–Crippen LogP) is 2.51. The van der Waals surface area contributed by atoms with Crippen LogP contribution in [0.1, 0.15) is 11.7 Å². The number of rotatable bonds is 5. The van der Waals surface area contributed by atoms with E-state index >= 15 is 0 Å². The third kappa shape index (κ3) is 3.39. The van der Waals surface area contributed by atoms with Gasteiger partial charge in [-0.1, -0.05) is 24.3 Å². The molecule has 0 saturated heterocycles. The van der Waals surface area contributed by atoms with Gasteiger partial charge in [0, 0.05) is 0 Å². The van der Waals surface area contributed by atoms with Crippen molar-refractivity contribution in [1.82, 2.24) is 0 Å². The highest BCUT2D eigenvalue weighted by molar-refractivity contribution is 5.38. The van der Waals surface area contributed by atoms with Gasteiger partial charge in [-0.3, -0.25) is 0 Å². The van der Waals surface area contributed by atoms with Gasteiger partial charge in [0.2, 0.25) is 0 Å². The molecule has 4 heteroatoms. The summed E-state index contributed by atoms with van der Waals surface area (Å²) >= 11 is 0. The smallest absolute Gasteiger partial charge is 0.161 e. The highest BCUT2D eigenvalue weighted by atomic mass is 16.5. The van der Waals surface area contributed by atoms with Crippen LogP contribution in [-0.2, 0) is 0 Å². The van der Waals surface area contributed by atoms with Crippen LogP contribution in [0.3, 0.4) is 0 Å². The second-order valence-electron chi connectivity index (χ2n) is 4.07. The number of aliphatic hydroxyl groups is 1. The Hall–Kier alpha value is -2.20. The van der Waals surface area contributed by atoms with Crippen molar-refractivity contribution in [3.8, 4) is 17.2 Å². The minimum absolute atomic E-state index is 0.0559. The standard InChI is InChI=1S/C15H16O4/c1-18-12-6-4-5-11(9-12)14(17)10-19-15-8-3-2-7-13(15)16/h2-9,14,16-17H,10H2,1H3. The summed E-state index contributed by atoms with van der Waals surface area (Å²) in [4.78, 5) is 0. The van der Waals surface area contributed by atoms with Crippen molar-refractivity contribution in [1.29, 1.82) is 0 Å². The number of phenols is 1. The van der Waals surface area contributed by atoms with Crippen LogP contribution in [0.4, 0.5) is 0 Å². The van der Waals surface area contributed by atoms with Crippen molar-refractivity contribution in [3.05, 3.63) is 54.1 Å². The van der Waals surface area contributed by atoms with E-state index in [1.165, 1.54) is 6.07 Å². The fourth-order valence-electron chi connectivity index (χ4n) is 1.69. The normalized spacial score (nSPS) is 11.9. The number of hydrogen-bond donors (Lipinski definition) is 2. The number of hydrogen-bond acceptors (Lipinski definition) is 4. The number of para-hydroxylation sites is 2. The van der Waals surface area contributed by atoms with Crippen LogP contribution < -0.4 is 9.47 Å². The summed E-state index contributed by atoms with van der Waals surface area (Å²) in [6, 6.07) is 13.8. The van der Waals surface area contributed by atoms with E-state index in [-0.39, 0.29) is 12.4 Å². The van der Waals surface area contributed by atoms with E-state index in [1.54, 1.807) is 49.6 Å². The maximum Gasteiger partial charge on any atom is 0.161 e. The van der Waals surface area contributed by atoms with Gasteiger partial charge in [0.25, 0.3) is 0 Å². The number of methoxy groups -OCH3 is 1. The molecule has 100 valence electrons. The van der Waals surface area contributed by atoms with E-state index in [9.17, 15) is 10.2 Å². The van der Waals surface area contributed by atoms with Crippen LogP contribution in [-0.4, -0.2) is 23.9 Å². The molecular weight excluding hydrogens is 244 g/mol. The van der Waals surface area contributed by atoms with Gasteiger partial charge in [-0.05, 0) is 29.8 Å². The van der Waals surface area contributed by atoms with Crippen molar-refractivity contribution in [2.24, 2.45) is 0 Å². The highest BCUT2D eigenvalue weighted by Gasteiger charge is 2.10. The molecule has 2 aromatic rings. The third-order valence-corrected chi connectivity index (χ3v) is 2.74. The molecule has 2 aromatic carbocycles. The van der Waals surface area contributed by atoms with Crippen molar-refractivity contribution in [2.45, 2.75) is 6.10 Å². The second kappa shape index (κ2) is 6.11. The molecule has 0 aliphatic rings. The Labute approximate surface area is 111 Å². The lowest BCUT2D eigenvalue weighted by molar-refractivity contribution is 0.106. The van der Waals surface area contributed by atoms with E-state index in [0.717, 1.165) is 0 Å². The molecule has 1 atom stereocenters. The molecule has 2 N–H and O–H groups in total. The summed E-state index contributed by atoms with van der Waals surface area (Å²) in [5.41, 5.74) is 0.703. The van der Waals surface area contributed by atoms with Gasteiger partial charge in [-0.2, -0.15) is 0 Å². The van der Waals surface area contributed by atoms with Crippen molar-refractivity contribution >= 4 is 0 Å². The Morgan fingerprint density at radius 2 is 1.89 bits per heavy atom. The number of aliphatic hydroxyl groups excluding tert-OH is 1. The molecule has 1 unspecified atom stereocenters. The summed E-state index contributed by atoms with van der Waals surface area (Å²) in [7, 11) is 1.57. The molecule has 0 aromatic heterocycles. The molecule has 0 fully saturated rings. The maximum atomic E-state index is 10.0. The zero-order valence-electron chi connectivity index (χ0n) is 10.6. The minimum Gasteiger partial charge on any atom is -0.504 e. The van der Waals surface area contributed by atoms with Gasteiger partial charge in [-0.25, -0.2) is 0 Å². The molecule has 0 radical (unpaired) electrons. The third-order valence-electron chi connectivity index (χ3n) is 2.74. The van der Waals surface area contributed by atoms with Gasteiger partial charge in [0.05, 0.1) is 7.11 Å². The molecule has 19 heavy (non-hydrogen) atoms. The quantitative estimate of drug-likeness (QED) is 0.867. The first-order chi connectivity index (χ1) is 9.20. The summed E-state index contributed by atoms with van der Waals surface area (Å²) in [6.45, 7) is 0.0603. The molecule has 0 aliphatic carbocycles. The summed E-state index contributed by atoms with van der Waals surface area (Å²) in [5.74, 6) is 1.09. The van der Waals surface area contributed by atoms with E-state index in [1.807, 2.05) is 0 Å². The Morgan fingerprint density at radius 1 is 1.11 bits per heavy atom. The van der Waals surface area contributed by atoms with Gasteiger partial charge >= 0.3 is 0 Å². The summed E-state index contributed by atoms with van der Waals surface area (Å²) in [5, 5.41) is 19.6. The van der Waals surface area contributed by atoms with Gasteiger partial charge in [0.1, 0.15) is 18.5 Å². The van der Waals surface area contributed by atoms with Crippen molar-refractivity contribution < 1.29 is 19.7 Å².